The maximum absolute atomic E-state index is 14.2. The monoisotopic (exact) mass is 1200 g/mol. The van der Waals surface area contributed by atoms with E-state index < -0.39 is 126 Å². The first kappa shape index (κ1) is 70.7. The first-order chi connectivity index (χ1) is 40.6. The minimum absolute atomic E-state index is 0.0113. The number of amides is 4. The Hall–Kier alpha value is -7.81. The van der Waals surface area contributed by atoms with Crippen molar-refractivity contribution < 1.29 is 91.3 Å². The van der Waals surface area contributed by atoms with E-state index in [0.717, 1.165) is 12.2 Å². The lowest BCUT2D eigenvalue weighted by Gasteiger charge is -2.30. The Balaban J connectivity index is 1.51. The Kier molecular flexibility index (Phi) is 27.8. The molecule has 0 fully saturated rings. The number of hydrogen-bond acceptors (Lipinski definition) is 21. The zero-order chi connectivity index (χ0) is 64.1. The van der Waals surface area contributed by atoms with Crippen LogP contribution in [0.1, 0.15) is 81.1 Å². The highest BCUT2D eigenvalue weighted by Gasteiger charge is 2.36. The molecule has 25 nitrogen and oxygen atoms in total. The molecule has 0 radical (unpaired) electrons. The largest absolute Gasteiger partial charge is 0.508 e. The fraction of sp³-hybridized carbons (Fsp3) is 0.525. The number of Topliss-reactive ketones (excluding diaryl/α,β-unsaturated/α-hetero) is 2. The van der Waals surface area contributed by atoms with Crippen molar-refractivity contribution in [2.75, 3.05) is 54.7 Å². The molecule has 25 heteroatoms. The molecular formula is C61H84N6O19. The maximum atomic E-state index is 14.2. The highest BCUT2D eigenvalue weighted by atomic mass is 16.7. The molecule has 0 spiro atoms. The van der Waals surface area contributed by atoms with Gasteiger partial charge in [0.15, 0.2) is 12.2 Å². The summed E-state index contributed by atoms with van der Waals surface area (Å²) < 4.78 is 44.0. The Morgan fingerprint density at radius 2 is 0.942 bits per heavy atom. The molecule has 4 amide bonds. The number of primary amides is 2. The number of carbonyl (C=O) groups is 9. The Morgan fingerprint density at radius 3 is 1.27 bits per heavy atom. The number of nitrogens with two attached hydrogens (primary N) is 2. The molecule has 0 saturated heterocycles. The molecule has 0 unspecified atom stereocenters. The Morgan fingerprint density at radius 1 is 0.581 bits per heavy atom. The number of hydrogen-bond donors (Lipinski definition) is 8. The second-order valence-corrected chi connectivity index (χ2v) is 21.7. The zero-order valence-electron chi connectivity index (χ0n) is 50.8. The summed E-state index contributed by atoms with van der Waals surface area (Å²) in [7, 11) is 5.62. The van der Waals surface area contributed by atoms with Crippen molar-refractivity contribution in [3.05, 3.63) is 117 Å². The number of carbonyl (C=O) groups excluding carboxylic acids is 9. The molecule has 0 aromatic carbocycles. The molecule has 10 N–H and O–H groups in total. The topological polar surface area (TPSA) is 368 Å². The Labute approximate surface area is 501 Å². The summed E-state index contributed by atoms with van der Waals surface area (Å²) in [5.74, 6) is -6.03. The summed E-state index contributed by atoms with van der Waals surface area (Å²) in [5.41, 5.74) is 11.3. The Bertz CT molecular complexity index is 2690. The predicted molar refractivity (Wildman–Crippen MR) is 312 cm³/mol. The average Bonchev–Trinajstić information content (AvgIpc) is 1.50. The summed E-state index contributed by atoms with van der Waals surface area (Å²) in [6.07, 6.45) is 3.78. The normalized spacial score (nSPS) is 31.3. The summed E-state index contributed by atoms with van der Waals surface area (Å²) in [4.78, 5) is 120. The lowest BCUT2D eigenvalue weighted by molar-refractivity contribution is -0.120. The van der Waals surface area contributed by atoms with Gasteiger partial charge in [-0.3, -0.25) is 28.8 Å². The van der Waals surface area contributed by atoms with Gasteiger partial charge >= 0.3 is 18.3 Å². The minimum Gasteiger partial charge on any atom is -0.439 e. The molecule has 12 atom stereocenters. The van der Waals surface area contributed by atoms with Gasteiger partial charge < -0.3 is 80.8 Å². The van der Waals surface area contributed by atoms with Crippen LogP contribution >= 0.6 is 0 Å². The number of aliphatic hydroxyl groups is 2. The van der Waals surface area contributed by atoms with Crippen molar-refractivity contribution in [1.82, 2.24) is 21.3 Å². The molecule has 4 bridgehead atoms. The third-order valence-electron chi connectivity index (χ3n) is 14.8. The van der Waals surface area contributed by atoms with Crippen molar-refractivity contribution in [2.24, 2.45) is 35.1 Å². The van der Waals surface area contributed by atoms with Gasteiger partial charge in [0.1, 0.15) is 25.4 Å². The van der Waals surface area contributed by atoms with Crippen LogP contribution in [0.3, 0.4) is 0 Å². The first-order valence-corrected chi connectivity index (χ1v) is 28.1. The van der Waals surface area contributed by atoms with Crippen LogP contribution in [0.5, 0.6) is 0 Å². The summed E-state index contributed by atoms with van der Waals surface area (Å²) >= 11 is 0. The van der Waals surface area contributed by atoms with E-state index in [1.54, 1.807) is 53.7 Å². The van der Waals surface area contributed by atoms with Crippen LogP contribution in [-0.4, -0.2) is 167 Å². The van der Waals surface area contributed by atoms with E-state index in [0.29, 0.717) is 11.1 Å². The molecule has 0 aromatic rings. The van der Waals surface area contributed by atoms with Crippen LogP contribution in [0.2, 0.25) is 0 Å². The van der Waals surface area contributed by atoms with E-state index in [4.69, 9.17) is 49.4 Å². The fourth-order valence-corrected chi connectivity index (χ4v) is 10.2. The first-order valence-electron chi connectivity index (χ1n) is 28.1. The van der Waals surface area contributed by atoms with Gasteiger partial charge in [0.2, 0.25) is 23.1 Å². The summed E-state index contributed by atoms with van der Waals surface area (Å²) in [6, 6.07) is 0. The molecule has 86 heavy (non-hydrogen) atoms. The lowest BCUT2D eigenvalue weighted by atomic mass is 9.85. The van der Waals surface area contributed by atoms with Gasteiger partial charge in [-0.2, -0.15) is 0 Å². The molecule has 2 aliphatic heterocycles. The summed E-state index contributed by atoms with van der Waals surface area (Å²) in [5, 5.41) is 33.9. The number of allylic oxidation sites excluding steroid dienone is 8. The highest BCUT2D eigenvalue weighted by molar-refractivity contribution is 6.24. The third-order valence-corrected chi connectivity index (χ3v) is 14.8. The van der Waals surface area contributed by atoms with Gasteiger partial charge in [-0.25, -0.2) is 14.4 Å². The molecular weight excluding hydrogens is 1120 g/mol. The average molecular weight is 1210 g/mol. The third kappa shape index (κ3) is 20.2. The van der Waals surface area contributed by atoms with Crippen LogP contribution in [0.4, 0.5) is 14.4 Å². The van der Waals surface area contributed by atoms with Gasteiger partial charge in [-0.05, 0) is 76.4 Å². The van der Waals surface area contributed by atoms with Crippen molar-refractivity contribution in [2.45, 2.75) is 130 Å². The smallest absolute Gasteiger partial charge is 0.439 e. The van der Waals surface area contributed by atoms with Gasteiger partial charge in [0.25, 0.3) is 11.8 Å². The van der Waals surface area contributed by atoms with Crippen LogP contribution in [0, 0.1) is 23.7 Å². The van der Waals surface area contributed by atoms with Gasteiger partial charge in [-0.15, -0.1) is 0 Å². The van der Waals surface area contributed by atoms with Gasteiger partial charge in [-0.1, -0.05) is 76.3 Å². The van der Waals surface area contributed by atoms with Crippen LogP contribution in [-0.2, 0) is 66.7 Å². The van der Waals surface area contributed by atoms with E-state index in [2.05, 4.69) is 21.3 Å². The van der Waals surface area contributed by atoms with Crippen LogP contribution < -0.4 is 32.7 Å². The van der Waals surface area contributed by atoms with Crippen LogP contribution in [0.25, 0.3) is 0 Å². The van der Waals surface area contributed by atoms with Crippen molar-refractivity contribution >= 4 is 53.3 Å². The van der Waals surface area contributed by atoms with Crippen molar-refractivity contribution in [3.8, 4) is 0 Å². The van der Waals surface area contributed by atoms with Gasteiger partial charge in [0, 0.05) is 87.8 Å². The molecule has 2 aliphatic carbocycles. The number of ketones is 4. The maximum Gasteiger partial charge on any atom is 0.508 e. The van der Waals surface area contributed by atoms with Gasteiger partial charge in [0.05, 0.1) is 47.2 Å². The fourth-order valence-electron chi connectivity index (χ4n) is 10.2. The molecule has 4 rings (SSSR count). The van der Waals surface area contributed by atoms with Crippen molar-refractivity contribution in [1.29, 1.82) is 0 Å². The number of methoxy groups -OCH3 is 4. The number of nitrogens with one attached hydrogen (secondary N) is 4. The quantitative estimate of drug-likeness (QED) is 0.0402. The van der Waals surface area contributed by atoms with Crippen molar-refractivity contribution in [3.63, 3.8) is 0 Å². The molecule has 2 heterocycles. The standard InChI is InChI=1S/C61H84N6O19/c1-31-23-39-49(43(68)29-41(53(39)72)66-57(74)33(3)15-13-17-45(79-9)55(85-59(62)76)37(7)27-35(5)51(70)47(25-31)81-11)64-19-21-83-61(78)84-22-20-65-50-40-24-32(2)26-48(82-12)52(71)36(6)28-38(8)56(86-60(63)77)46(80-10)18-14-16-34(4)58(75)67-42(54(40)73)30-44(50)69/h13-18,27-32,35-36,45-48,51-52,55-56,64-65,70-71H,19-26H2,1-12H3,(H2,62,76)(H2,63,77)(H,66,74)(H,67,75)/b17-13-,18-14+,33-15+,34-16-,37-27+,38-28+/t31-,32-,35+,36+,45+,46+,47+,48+,51-,52-,55+,56+/m1/s1. The zero-order valence-corrected chi connectivity index (χ0v) is 50.8. The van der Waals surface area contributed by atoms with E-state index >= 15 is 0 Å². The lowest BCUT2D eigenvalue weighted by Crippen LogP contribution is -2.38. The van der Waals surface area contributed by atoms with Crippen LogP contribution in [0.15, 0.2) is 117 Å². The number of aliphatic hydroxyl groups excluding tert-OH is 2. The molecule has 0 saturated carbocycles. The second kappa shape index (κ2) is 33.8. The summed E-state index contributed by atoms with van der Waals surface area (Å²) in [6.45, 7) is 12.3. The molecule has 472 valence electrons. The number of rotatable bonds is 14. The highest BCUT2D eigenvalue weighted by Crippen LogP contribution is 2.31. The number of fused-ring (bicyclic) bond motifs is 4. The van der Waals surface area contributed by atoms with E-state index in [1.807, 2.05) is 0 Å². The molecule has 0 aromatic heterocycles. The SMILES string of the molecule is CO[C@H]1/C=C\C=C(/C)C(=O)NC2=CC(=O)C(NCCOC(=O)OCCNC3=C4C[C@@H](C)C[C@H](OC)[C@H](O)[C@@H](C)/C=C(\C)[C@H](OC(N)=O)[C@@H](OC)/C=C/C=C(/C)C(=O)NC(=CC3=O)C4=O)=C(C[C@@H](C)C[C@H](OC)[C@H](O)[C@@H](C)/C=C(\C)[C@@H]1OC(N)=O)C2=O. The van der Waals surface area contributed by atoms with E-state index in [1.165, 1.54) is 78.7 Å². The minimum atomic E-state index is -1.14. The van der Waals surface area contributed by atoms with E-state index in [9.17, 15) is 53.4 Å². The molecule has 4 aliphatic rings. The predicted octanol–water partition coefficient (Wildman–Crippen LogP) is 3.87. The second-order valence-electron chi connectivity index (χ2n) is 21.7. The number of ether oxygens (including phenoxy) is 8. The van der Waals surface area contributed by atoms with E-state index in [-0.39, 0.29) is 97.1 Å².